The van der Waals surface area contributed by atoms with Gasteiger partial charge in [0.15, 0.2) is 0 Å². The first-order valence-corrected chi connectivity index (χ1v) is 12.7. The minimum absolute atomic E-state index is 0. The Kier molecular flexibility index (Phi) is 14.2. The topological polar surface area (TPSA) is 112 Å². The van der Waals surface area contributed by atoms with E-state index in [1.807, 2.05) is 7.05 Å². The number of hydrogen-bond donors (Lipinski definition) is 1. The van der Waals surface area contributed by atoms with Crippen molar-refractivity contribution in [2.24, 2.45) is 23.2 Å². The summed E-state index contributed by atoms with van der Waals surface area (Å²) in [6.45, 7) is 10.7. The average molecular weight is 477 g/mol. The van der Waals surface area contributed by atoms with Gasteiger partial charge in [-0.1, -0.05) is 34.1 Å². The van der Waals surface area contributed by atoms with Gasteiger partial charge in [-0.15, -0.1) is 11.6 Å². The van der Waals surface area contributed by atoms with Gasteiger partial charge < -0.3 is 21.2 Å². The van der Waals surface area contributed by atoms with Gasteiger partial charge in [-0.2, -0.15) is 0 Å². The number of rotatable bonds is 4. The van der Waals surface area contributed by atoms with Crippen LogP contribution in [0.25, 0.3) is 0 Å². The van der Waals surface area contributed by atoms with Crippen molar-refractivity contribution in [1.82, 2.24) is 10.2 Å². The lowest BCUT2D eigenvalue weighted by atomic mass is 9.64. The van der Waals surface area contributed by atoms with Gasteiger partial charge in [0.05, 0.1) is 6.04 Å². The zero-order valence-corrected chi connectivity index (χ0v) is 21.8. The lowest BCUT2D eigenvalue weighted by molar-refractivity contribution is -0.140. The highest BCUT2D eigenvalue weighted by Gasteiger charge is 2.43. The molecule has 0 spiro atoms. The van der Waals surface area contributed by atoms with E-state index in [9.17, 15) is 9.59 Å². The standard InChI is InChI=1S/C19H35ClN2O.C6H10O.2H2O/c1-13(2)17(21-5)18(23)22-11-10-16(19(3,4)12-22)14-6-8-15(20)9-7-14;7-6-4-2-1-3-5-6;;/h13-17,21H,6-12H2,1-5H3;1-5H2;2*1H2/t14?,15?,16?,17-;;;/m1.../s1. The molecule has 3 rings (SSSR count). The molecule has 2 aliphatic carbocycles. The van der Waals surface area contributed by atoms with Crippen LogP contribution < -0.4 is 5.32 Å². The summed E-state index contributed by atoms with van der Waals surface area (Å²) in [5.74, 6) is 2.59. The van der Waals surface area contributed by atoms with Crippen molar-refractivity contribution in [3.63, 3.8) is 0 Å². The quantitative estimate of drug-likeness (QED) is 0.623. The fourth-order valence-corrected chi connectivity index (χ4v) is 6.05. The number of carbonyl (C=O) groups excluding carboxylic acids is 2. The molecule has 0 aromatic carbocycles. The van der Waals surface area contributed by atoms with E-state index in [0.29, 0.717) is 17.1 Å². The van der Waals surface area contributed by atoms with E-state index in [-0.39, 0.29) is 28.3 Å². The number of amides is 1. The monoisotopic (exact) mass is 476 g/mol. The lowest BCUT2D eigenvalue weighted by Crippen LogP contribution is -2.55. The van der Waals surface area contributed by atoms with E-state index in [2.05, 4.69) is 37.9 Å². The Morgan fingerprint density at radius 1 is 1.03 bits per heavy atom. The predicted molar refractivity (Wildman–Crippen MR) is 133 cm³/mol. The number of likely N-dealkylation sites (tertiary alicyclic amines) is 1. The van der Waals surface area contributed by atoms with Gasteiger partial charge in [-0.3, -0.25) is 9.59 Å². The number of piperidine rings is 1. The van der Waals surface area contributed by atoms with Crippen molar-refractivity contribution < 1.29 is 20.5 Å². The van der Waals surface area contributed by atoms with Crippen molar-refractivity contribution in [3.05, 3.63) is 0 Å². The molecule has 2 atom stereocenters. The number of likely N-dealkylation sites (N-methyl/N-ethyl adjacent to an activating group) is 1. The fourth-order valence-electron chi connectivity index (χ4n) is 5.80. The second-order valence-corrected chi connectivity index (χ2v) is 11.4. The molecule has 6 nitrogen and oxygen atoms in total. The highest BCUT2D eigenvalue weighted by Crippen LogP contribution is 2.45. The smallest absolute Gasteiger partial charge is 0.239 e. The molecule has 190 valence electrons. The maximum absolute atomic E-state index is 12.8. The molecule has 7 heteroatoms. The Balaban J connectivity index is 0.000000913. The number of carbonyl (C=O) groups is 2. The molecule has 5 N–H and O–H groups in total. The molecule has 1 saturated heterocycles. The first kappa shape index (κ1) is 31.3. The number of ketones is 1. The number of halogens is 1. The van der Waals surface area contributed by atoms with Crippen molar-refractivity contribution in [2.45, 2.75) is 103 Å². The van der Waals surface area contributed by atoms with Crippen LogP contribution in [0.3, 0.4) is 0 Å². The molecular formula is C25H49ClN2O4. The molecule has 0 aromatic rings. The Hall–Kier alpha value is -0.690. The Bertz CT molecular complexity index is 554. The molecule has 0 aromatic heterocycles. The van der Waals surface area contributed by atoms with E-state index in [1.165, 1.54) is 19.3 Å². The zero-order valence-electron chi connectivity index (χ0n) is 21.0. The third-order valence-corrected chi connectivity index (χ3v) is 7.99. The maximum Gasteiger partial charge on any atom is 0.239 e. The van der Waals surface area contributed by atoms with Gasteiger partial charge in [0.1, 0.15) is 5.78 Å². The van der Waals surface area contributed by atoms with Crippen LogP contribution in [0.1, 0.15) is 91.9 Å². The molecule has 1 amide bonds. The van der Waals surface area contributed by atoms with Crippen molar-refractivity contribution in [2.75, 3.05) is 20.1 Å². The molecular weight excluding hydrogens is 428 g/mol. The largest absolute Gasteiger partial charge is 0.412 e. The van der Waals surface area contributed by atoms with E-state index in [1.54, 1.807) is 0 Å². The van der Waals surface area contributed by atoms with Crippen LogP contribution in [0.2, 0.25) is 0 Å². The molecule has 2 saturated carbocycles. The summed E-state index contributed by atoms with van der Waals surface area (Å²) in [4.78, 5) is 25.4. The van der Waals surface area contributed by atoms with Gasteiger partial charge in [-0.25, -0.2) is 0 Å². The second-order valence-electron chi connectivity index (χ2n) is 10.8. The van der Waals surface area contributed by atoms with Crippen LogP contribution in [-0.2, 0) is 9.59 Å². The van der Waals surface area contributed by atoms with Crippen molar-refractivity contribution in [3.8, 4) is 0 Å². The SMILES string of the molecule is CN[C@@H](C(=O)N1CCC(C2CCC(Cl)CC2)C(C)(C)C1)C(C)C.O.O.O=C1CCCCC1. The summed E-state index contributed by atoms with van der Waals surface area (Å²) in [7, 11) is 1.89. The summed E-state index contributed by atoms with van der Waals surface area (Å²) in [6, 6.07) is -0.0611. The van der Waals surface area contributed by atoms with Crippen molar-refractivity contribution in [1.29, 1.82) is 0 Å². The summed E-state index contributed by atoms with van der Waals surface area (Å²) in [5.41, 5.74) is 0.201. The Morgan fingerprint density at radius 2 is 1.59 bits per heavy atom. The fraction of sp³-hybridized carbons (Fsp3) is 0.920. The molecule has 3 fully saturated rings. The normalized spacial score (nSPS) is 28.5. The van der Waals surface area contributed by atoms with Crippen LogP contribution in [0.4, 0.5) is 0 Å². The highest BCUT2D eigenvalue weighted by atomic mass is 35.5. The molecule has 32 heavy (non-hydrogen) atoms. The van der Waals surface area contributed by atoms with Crippen LogP contribution in [0.5, 0.6) is 0 Å². The Morgan fingerprint density at radius 3 is 2.00 bits per heavy atom. The van der Waals surface area contributed by atoms with Crippen LogP contribution in [-0.4, -0.2) is 59.1 Å². The summed E-state index contributed by atoms with van der Waals surface area (Å²) < 4.78 is 0. The number of nitrogens with zero attached hydrogens (tertiary/aromatic N) is 1. The van der Waals surface area contributed by atoms with E-state index in [4.69, 9.17) is 11.6 Å². The van der Waals surface area contributed by atoms with Gasteiger partial charge in [0.2, 0.25) is 5.91 Å². The molecule has 3 aliphatic rings. The first-order valence-electron chi connectivity index (χ1n) is 12.3. The molecule has 0 radical (unpaired) electrons. The third kappa shape index (κ3) is 8.92. The van der Waals surface area contributed by atoms with Gasteiger partial charge in [-0.05, 0) is 75.2 Å². The average Bonchev–Trinajstić information content (AvgIpc) is 2.69. The third-order valence-electron chi connectivity index (χ3n) is 7.55. The number of alkyl halides is 1. The zero-order chi connectivity index (χ0) is 22.3. The van der Waals surface area contributed by atoms with E-state index < -0.39 is 0 Å². The van der Waals surface area contributed by atoms with Crippen molar-refractivity contribution >= 4 is 23.3 Å². The lowest BCUT2D eigenvalue weighted by Gasteiger charge is -2.49. The molecule has 1 aliphatic heterocycles. The van der Waals surface area contributed by atoms with Crippen LogP contribution >= 0.6 is 11.6 Å². The molecule has 1 unspecified atom stereocenters. The summed E-state index contributed by atoms with van der Waals surface area (Å²) in [5, 5.41) is 3.59. The first-order chi connectivity index (χ1) is 14.2. The minimum atomic E-state index is -0.0611. The summed E-state index contributed by atoms with van der Waals surface area (Å²) >= 11 is 6.28. The van der Waals surface area contributed by atoms with Gasteiger partial charge >= 0.3 is 0 Å². The molecule has 0 bridgehead atoms. The van der Waals surface area contributed by atoms with Crippen LogP contribution in [0, 0.1) is 23.2 Å². The second kappa shape index (κ2) is 14.5. The maximum atomic E-state index is 12.8. The number of hydrogen-bond acceptors (Lipinski definition) is 3. The minimum Gasteiger partial charge on any atom is -0.412 e. The van der Waals surface area contributed by atoms with Gasteiger partial charge in [0, 0.05) is 31.3 Å². The number of nitrogens with one attached hydrogen (secondary N) is 1. The molecule has 1 heterocycles. The predicted octanol–water partition coefficient (Wildman–Crippen LogP) is 3.77. The highest BCUT2D eigenvalue weighted by molar-refractivity contribution is 6.20. The Labute approximate surface area is 200 Å². The van der Waals surface area contributed by atoms with E-state index in [0.717, 1.165) is 69.9 Å². The van der Waals surface area contributed by atoms with E-state index >= 15 is 0 Å². The van der Waals surface area contributed by atoms with Gasteiger partial charge in [0.25, 0.3) is 0 Å². The van der Waals surface area contributed by atoms with Crippen LogP contribution in [0.15, 0.2) is 0 Å². The number of Topliss-reactive ketones (excluding diaryl/α,β-unsaturated/α-hetero) is 1. The summed E-state index contributed by atoms with van der Waals surface area (Å²) in [6.07, 6.45) is 11.2.